The molecule has 3 saturated carbocycles. The largest absolute Gasteiger partial charge is 0.394 e. The number of hydrogen-bond acceptors (Lipinski definition) is 18. The van der Waals surface area contributed by atoms with E-state index in [-0.39, 0.29) is 40.6 Å². The minimum atomic E-state index is -1.87. The van der Waals surface area contributed by atoms with Gasteiger partial charge < -0.3 is 89.0 Å². The second kappa shape index (κ2) is 17.5. The van der Waals surface area contributed by atoms with Crippen LogP contribution in [0, 0.1) is 46.3 Å². The monoisotopic (exact) mass is 900 g/mol. The lowest BCUT2D eigenvalue weighted by Gasteiger charge is -2.59. The molecule has 1 unspecified atom stereocenters. The first-order valence-corrected chi connectivity index (χ1v) is 23.5. The number of aliphatic hydroxyl groups is 10. The van der Waals surface area contributed by atoms with E-state index in [1.54, 1.807) is 0 Å². The molecule has 0 aromatic rings. The van der Waals surface area contributed by atoms with Gasteiger partial charge in [0, 0.05) is 12.3 Å². The summed E-state index contributed by atoms with van der Waals surface area (Å²) in [6.07, 6.45) is -16.1. The predicted molar refractivity (Wildman–Crippen MR) is 216 cm³/mol. The molecule has 5 heterocycles. The average molecular weight is 901 g/mol. The van der Waals surface area contributed by atoms with E-state index < -0.39 is 123 Å². The molecule has 8 fully saturated rings. The summed E-state index contributed by atoms with van der Waals surface area (Å²) in [6, 6.07) is 0. The van der Waals surface area contributed by atoms with Crippen molar-refractivity contribution in [3.8, 4) is 0 Å². The van der Waals surface area contributed by atoms with Crippen molar-refractivity contribution in [1.82, 2.24) is 0 Å². The molecular weight excluding hydrogens is 828 g/mol. The summed E-state index contributed by atoms with van der Waals surface area (Å²) in [4.78, 5) is 0. The van der Waals surface area contributed by atoms with Crippen molar-refractivity contribution in [3.63, 3.8) is 0 Å². The van der Waals surface area contributed by atoms with Crippen LogP contribution in [-0.2, 0) is 37.9 Å². The molecule has 18 heteroatoms. The third-order valence-corrected chi connectivity index (χ3v) is 17.7. The molecule has 360 valence electrons. The van der Waals surface area contributed by atoms with Gasteiger partial charge in [0.05, 0.1) is 44.2 Å². The molecule has 1 spiro atoms. The Morgan fingerprint density at radius 2 is 1.32 bits per heavy atom. The fraction of sp³-hybridized carbons (Fsp3) is 0.956. The van der Waals surface area contributed by atoms with E-state index in [1.807, 2.05) is 6.08 Å². The molecule has 63 heavy (non-hydrogen) atoms. The van der Waals surface area contributed by atoms with Gasteiger partial charge in [0.2, 0.25) is 0 Å². The summed E-state index contributed by atoms with van der Waals surface area (Å²) >= 11 is 0. The molecule has 0 radical (unpaired) electrons. The smallest absolute Gasteiger partial charge is 0.187 e. The van der Waals surface area contributed by atoms with Gasteiger partial charge >= 0.3 is 0 Å². The number of aliphatic hydroxyl groups excluding tert-OH is 10. The fourth-order valence-corrected chi connectivity index (χ4v) is 14.0. The standard InChI is InChI=1S/C45H72O18/c1-18-6-11-45(56-17-18)19(2)30-26(63-45)14-24-29-23(8-10-44(24,30)5)43(4)9-7-22(12-21(43)13-25(29)48)58-42-39(62-40-36(54)34(52)31(49)20(3)57-40)38(33(51)28(16-47)60-42)61-41-37(55)35(53)32(50)27(15-46)59-41/h13,18-20,22-42,46-55H,6-12,14-17H2,1-5H3/t18-,19+,20+,22+,23+,24+,25?,26+,27-,28-,29-,30+,31+,32-,33-,34-,35+,36-,37-,38+,39-,40+,41+,42-,43+,44+,45-/m1/s1. The van der Waals surface area contributed by atoms with Crippen LogP contribution in [0.25, 0.3) is 0 Å². The highest BCUT2D eigenvalue weighted by atomic mass is 16.8. The molecule has 0 aromatic carbocycles. The Kier molecular flexibility index (Phi) is 13.1. The Balaban J connectivity index is 0.955. The molecule has 27 atom stereocenters. The highest BCUT2D eigenvalue weighted by Crippen LogP contribution is 2.70. The summed E-state index contributed by atoms with van der Waals surface area (Å²) in [5.74, 6) is 1.18. The molecule has 18 nitrogen and oxygen atoms in total. The summed E-state index contributed by atoms with van der Waals surface area (Å²) in [5.41, 5.74) is 0.843. The van der Waals surface area contributed by atoms with Crippen LogP contribution in [0.3, 0.4) is 0 Å². The first-order valence-electron chi connectivity index (χ1n) is 23.5. The Morgan fingerprint density at radius 3 is 2.00 bits per heavy atom. The molecule has 0 aromatic heterocycles. The van der Waals surface area contributed by atoms with Gasteiger partial charge in [0.25, 0.3) is 0 Å². The average Bonchev–Trinajstić information content (AvgIpc) is 3.71. The van der Waals surface area contributed by atoms with E-state index in [0.717, 1.165) is 50.7 Å². The Hall–Kier alpha value is -0.980. The number of fused-ring (bicyclic) bond motifs is 7. The summed E-state index contributed by atoms with van der Waals surface area (Å²) < 4.78 is 50.0. The van der Waals surface area contributed by atoms with Crippen LogP contribution in [0.15, 0.2) is 11.6 Å². The first-order chi connectivity index (χ1) is 29.8. The Labute approximate surface area is 368 Å². The minimum Gasteiger partial charge on any atom is -0.394 e. The van der Waals surface area contributed by atoms with Crippen LogP contribution in [0.5, 0.6) is 0 Å². The maximum Gasteiger partial charge on any atom is 0.187 e. The van der Waals surface area contributed by atoms with Crippen molar-refractivity contribution in [1.29, 1.82) is 0 Å². The van der Waals surface area contributed by atoms with Gasteiger partial charge in [0.1, 0.15) is 67.1 Å². The predicted octanol–water partition coefficient (Wildman–Crippen LogP) is -0.815. The van der Waals surface area contributed by atoms with Crippen LogP contribution >= 0.6 is 0 Å². The third-order valence-electron chi connectivity index (χ3n) is 17.7. The van der Waals surface area contributed by atoms with Crippen LogP contribution in [0.1, 0.15) is 86.0 Å². The highest BCUT2D eigenvalue weighted by molar-refractivity contribution is 5.29. The molecule has 9 rings (SSSR count). The lowest BCUT2D eigenvalue weighted by molar-refractivity contribution is -0.394. The van der Waals surface area contributed by atoms with Crippen molar-refractivity contribution in [2.45, 2.75) is 202 Å². The topological polar surface area (TPSA) is 276 Å². The van der Waals surface area contributed by atoms with E-state index in [4.69, 9.17) is 37.9 Å². The van der Waals surface area contributed by atoms with Crippen LogP contribution in [0.2, 0.25) is 0 Å². The third kappa shape index (κ3) is 7.71. The summed E-state index contributed by atoms with van der Waals surface area (Å²) in [5, 5.41) is 108. The molecule has 5 aliphatic heterocycles. The second-order valence-corrected chi connectivity index (χ2v) is 21.2. The quantitative estimate of drug-likeness (QED) is 0.133. The van der Waals surface area contributed by atoms with Crippen molar-refractivity contribution in [2.75, 3.05) is 19.8 Å². The molecule has 9 aliphatic rings. The van der Waals surface area contributed by atoms with E-state index in [1.165, 1.54) is 6.92 Å². The van der Waals surface area contributed by atoms with E-state index in [2.05, 4.69) is 27.7 Å². The van der Waals surface area contributed by atoms with Crippen LogP contribution in [-0.4, -0.2) is 187 Å². The number of ether oxygens (including phenoxy) is 8. The van der Waals surface area contributed by atoms with Crippen molar-refractivity contribution in [3.05, 3.63) is 11.6 Å². The van der Waals surface area contributed by atoms with Gasteiger partial charge in [-0.1, -0.05) is 39.3 Å². The van der Waals surface area contributed by atoms with Crippen LogP contribution in [0.4, 0.5) is 0 Å². The zero-order chi connectivity index (χ0) is 45.1. The summed E-state index contributed by atoms with van der Waals surface area (Å²) in [7, 11) is 0. The van der Waals surface area contributed by atoms with Crippen molar-refractivity contribution >= 4 is 0 Å². The van der Waals surface area contributed by atoms with E-state index in [0.29, 0.717) is 24.7 Å². The maximum absolute atomic E-state index is 12.2. The van der Waals surface area contributed by atoms with E-state index >= 15 is 0 Å². The summed E-state index contributed by atoms with van der Waals surface area (Å²) in [6.45, 7) is 10.0. The molecule has 0 amide bonds. The lowest BCUT2D eigenvalue weighted by atomic mass is 9.46. The second-order valence-electron chi connectivity index (χ2n) is 21.2. The minimum absolute atomic E-state index is 0.00108. The maximum atomic E-state index is 12.2. The zero-order valence-corrected chi connectivity index (χ0v) is 37.0. The normalized spacial score (nSPS) is 58.1. The van der Waals surface area contributed by atoms with Gasteiger partial charge in [-0.15, -0.1) is 0 Å². The number of hydrogen-bond donors (Lipinski definition) is 10. The zero-order valence-electron chi connectivity index (χ0n) is 37.0. The van der Waals surface area contributed by atoms with Gasteiger partial charge in [-0.2, -0.15) is 0 Å². The Bertz CT molecular complexity index is 1640. The molecular formula is C45H72O18. The van der Waals surface area contributed by atoms with Gasteiger partial charge in [0.15, 0.2) is 24.7 Å². The molecule has 5 saturated heterocycles. The molecule has 10 N–H and O–H groups in total. The van der Waals surface area contributed by atoms with Gasteiger partial charge in [-0.3, -0.25) is 0 Å². The van der Waals surface area contributed by atoms with Crippen molar-refractivity contribution in [2.24, 2.45) is 46.3 Å². The van der Waals surface area contributed by atoms with Crippen LogP contribution < -0.4 is 0 Å². The molecule has 0 bridgehead atoms. The van der Waals surface area contributed by atoms with Crippen molar-refractivity contribution < 1.29 is 89.0 Å². The lowest BCUT2D eigenvalue weighted by Crippen LogP contribution is -2.67. The Morgan fingerprint density at radius 1 is 0.667 bits per heavy atom. The molecule has 4 aliphatic carbocycles. The van der Waals surface area contributed by atoms with Gasteiger partial charge in [-0.25, -0.2) is 0 Å². The highest BCUT2D eigenvalue weighted by Gasteiger charge is 2.70. The first kappa shape index (κ1) is 47.1. The van der Waals surface area contributed by atoms with E-state index in [9.17, 15) is 51.1 Å². The SMILES string of the molecule is C[C@@H]1CC[C@@]2(OC1)O[C@H]1C[C@H]3[C@@H]4C(O)C=C5C[C@@H](O[C@@H]6O[C@H](CO)[C@@H](O)[C@H](O[C@@H]7O[C@H](CO)[C@@H](O)[C@H](O)[C@H]7O)[C@H]6O[C@@H]6O[C@@H](C)[C@H](O)[C@@H](O)[C@H]6O)CC[C@]5(C)[C@H]4CC[C@]3(C)[C@H]1[C@@H]2C. The van der Waals surface area contributed by atoms with Gasteiger partial charge in [-0.05, 0) is 92.3 Å². The fourth-order valence-electron chi connectivity index (χ4n) is 14.0. The number of rotatable bonds is 8.